The van der Waals surface area contributed by atoms with Crippen molar-refractivity contribution in [3.05, 3.63) is 35.4 Å². The Morgan fingerprint density at radius 2 is 2.06 bits per heavy atom. The van der Waals surface area contributed by atoms with Crippen molar-refractivity contribution in [1.82, 2.24) is 4.98 Å². The highest BCUT2D eigenvalue weighted by atomic mass is 15.1. The molecule has 0 fully saturated rings. The molecule has 0 bridgehead atoms. The summed E-state index contributed by atoms with van der Waals surface area (Å²) in [5.74, 6) is 0.879. The number of fused-ring (bicyclic) bond motifs is 1. The van der Waals surface area contributed by atoms with Crippen LogP contribution in [0.3, 0.4) is 0 Å². The average Bonchev–Trinajstić information content (AvgIpc) is 2.28. The zero-order chi connectivity index (χ0) is 12.4. The minimum atomic E-state index is 0.393. The molecule has 86 valence electrons. The largest absolute Gasteiger partial charge is 0.362 e. The molecule has 0 atom stereocenters. The molecule has 3 heteroatoms. The van der Waals surface area contributed by atoms with Crippen molar-refractivity contribution in [2.24, 2.45) is 0 Å². The van der Waals surface area contributed by atoms with E-state index < -0.39 is 0 Å². The zero-order valence-electron chi connectivity index (χ0n) is 10.4. The van der Waals surface area contributed by atoms with Crippen LogP contribution < -0.4 is 4.90 Å². The third-order valence-electron chi connectivity index (χ3n) is 2.72. The molecule has 0 unspecified atom stereocenters. The molecule has 0 aliphatic rings. The second-order valence-corrected chi connectivity index (χ2v) is 4.40. The molecule has 3 nitrogen and oxygen atoms in total. The van der Waals surface area contributed by atoms with Crippen LogP contribution in [0.1, 0.15) is 11.1 Å². The van der Waals surface area contributed by atoms with E-state index in [4.69, 9.17) is 5.26 Å². The van der Waals surface area contributed by atoms with Gasteiger partial charge >= 0.3 is 0 Å². The predicted molar refractivity (Wildman–Crippen MR) is 70.1 cm³/mol. The maximum Gasteiger partial charge on any atom is 0.133 e. The van der Waals surface area contributed by atoms with Crippen LogP contribution in [-0.2, 0) is 6.42 Å². The Bertz CT molecular complexity index is 594. The summed E-state index contributed by atoms with van der Waals surface area (Å²) in [7, 11) is 3.90. The van der Waals surface area contributed by atoms with Crippen molar-refractivity contribution in [2.75, 3.05) is 19.0 Å². The summed E-state index contributed by atoms with van der Waals surface area (Å²) in [4.78, 5) is 6.58. The summed E-state index contributed by atoms with van der Waals surface area (Å²) >= 11 is 0. The van der Waals surface area contributed by atoms with Gasteiger partial charge in [-0.25, -0.2) is 4.98 Å². The van der Waals surface area contributed by atoms with E-state index in [0.29, 0.717) is 6.42 Å². The predicted octanol–water partition coefficient (Wildman–Crippen LogP) is 2.68. The zero-order valence-corrected chi connectivity index (χ0v) is 10.4. The Morgan fingerprint density at radius 3 is 2.71 bits per heavy atom. The first kappa shape index (κ1) is 11.4. The third-order valence-corrected chi connectivity index (χ3v) is 2.72. The minimum Gasteiger partial charge on any atom is -0.362 e. The van der Waals surface area contributed by atoms with Crippen LogP contribution >= 0.6 is 0 Å². The standard InChI is InChI=1S/C14H15N3/c1-10-4-5-11-9-12(6-7-15)14(17(2)3)16-13(11)8-10/h4-5,8-9H,6H2,1-3H3. The molecule has 1 heterocycles. The fraction of sp³-hybridized carbons (Fsp3) is 0.286. The number of aryl methyl sites for hydroxylation is 1. The molecule has 2 rings (SSSR count). The Balaban J connectivity index is 2.68. The lowest BCUT2D eigenvalue weighted by Crippen LogP contribution is -2.13. The maximum atomic E-state index is 8.85. The molecule has 1 aromatic carbocycles. The van der Waals surface area contributed by atoms with E-state index in [2.05, 4.69) is 42.2 Å². The van der Waals surface area contributed by atoms with Crippen LogP contribution in [0.25, 0.3) is 10.9 Å². The van der Waals surface area contributed by atoms with E-state index in [-0.39, 0.29) is 0 Å². The average molecular weight is 225 g/mol. The molecule has 2 aromatic rings. The lowest BCUT2D eigenvalue weighted by Gasteiger charge is -2.16. The van der Waals surface area contributed by atoms with Gasteiger partial charge in [-0.2, -0.15) is 5.26 Å². The summed E-state index contributed by atoms with van der Waals surface area (Å²) in [6.45, 7) is 2.06. The summed E-state index contributed by atoms with van der Waals surface area (Å²) in [5, 5.41) is 9.94. The van der Waals surface area contributed by atoms with Crippen molar-refractivity contribution in [3.63, 3.8) is 0 Å². The topological polar surface area (TPSA) is 39.9 Å². The molecule has 1 aromatic heterocycles. The molecule has 0 saturated carbocycles. The van der Waals surface area contributed by atoms with Crippen molar-refractivity contribution >= 4 is 16.7 Å². The SMILES string of the molecule is Cc1ccc2cc(CC#N)c(N(C)C)nc2c1. The number of aromatic nitrogens is 1. The number of pyridine rings is 1. The number of nitrogens with zero attached hydrogens (tertiary/aromatic N) is 3. The lowest BCUT2D eigenvalue weighted by atomic mass is 10.1. The molecular weight excluding hydrogens is 210 g/mol. The molecule has 0 radical (unpaired) electrons. The molecule has 17 heavy (non-hydrogen) atoms. The van der Waals surface area contributed by atoms with Gasteiger partial charge in [0.1, 0.15) is 5.82 Å². The summed E-state index contributed by atoms with van der Waals surface area (Å²) in [5.41, 5.74) is 3.16. The van der Waals surface area contributed by atoms with Crippen molar-refractivity contribution in [3.8, 4) is 6.07 Å². The van der Waals surface area contributed by atoms with Gasteiger partial charge in [0.2, 0.25) is 0 Å². The van der Waals surface area contributed by atoms with Gasteiger partial charge in [0, 0.05) is 25.0 Å². The van der Waals surface area contributed by atoms with E-state index in [1.165, 1.54) is 5.56 Å². The van der Waals surface area contributed by atoms with E-state index >= 15 is 0 Å². The Hall–Kier alpha value is -2.08. The maximum absolute atomic E-state index is 8.85. The van der Waals surface area contributed by atoms with E-state index in [0.717, 1.165) is 22.3 Å². The van der Waals surface area contributed by atoms with Crippen LogP contribution in [-0.4, -0.2) is 19.1 Å². The molecule has 0 aliphatic carbocycles. The first-order valence-electron chi connectivity index (χ1n) is 5.56. The minimum absolute atomic E-state index is 0.393. The first-order chi connectivity index (χ1) is 8.11. The van der Waals surface area contributed by atoms with Crippen LogP contribution in [0.5, 0.6) is 0 Å². The smallest absolute Gasteiger partial charge is 0.133 e. The normalized spacial score (nSPS) is 10.2. The highest BCUT2D eigenvalue weighted by Gasteiger charge is 2.08. The monoisotopic (exact) mass is 225 g/mol. The van der Waals surface area contributed by atoms with Gasteiger partial charge in [-0.15, -0.1) is 0 Å². The van der Waals surface area contributed by atoms with Crippen LogP contribution in [0.2, 0.25) is 0 Å². The molecular formula is C14H15N3. The molecule has 0 amide bonds. The molecule has 0 aliphatic heterocycles. The Labute approximate surface area is 101 Å². The number of hydrogen-bond donors (Lipinski definition) is 0. The quantitative estimate of drug-likeness (QED) is 0.788. The molecule has 0 N–H and O–H groups in total. The van der Waals surface area contributed by atoms with E-state index in [1.54, 1.807) is 0 Å². The van der Waals surface area contributed by atoms with Crippen LogP contribution in [0.15, 0.2) is 24.3 Å². The van der Waals surface area contributed by atoms with Gasteiger partial charge in [0.15, 0.2) is 0 Å². The number of hydrogen-bond acceptors (Lipinski definition) is 3. The van der Waals surface area contributed by atoms with Gasteiger partial charge < -0.3 is 4.90 Å². The second-order valence-electron chi connectivity index (χ2n) is 4.40. The van der Waals surface area contributed by atoms with E-state index in [9.17, 15) is 0 Å². The highest BCUT2D eigenvalue weighted by Crippen LogP contribution is 2.23. The van der Waals surface area contributed by atoms with Gasteiger partial charge in [0.05, 0.1) is 18.0 Å². The number of anilines is 1. The summed E-state index contributed by atoms with van der Waals surface area (Å²) < 4.78 is 0. The van der Waals surface area contributed by atoms with Crippen LogP contribution in [0.4, 0.5) is 5.82 Å². The van der Waals surface area contributed by atoms with Crippen molar-refractivity contribution < 1.29 is 0 Å². The first-order valence-corrected chi connectivity index (χ1v) is 5.56. The summed E-state index contributed by atoms with van der Waals surface area (Å²) in [6.07, 6.45) is 0.393. The molecule has 0 saturated heterocycles. The van der Waals surface area contributed by atoms with Gasteiger partial charge in [-0.1, -0.05) is 12.1 Å². The number of benzene rings is 1. The van der Waals surface area contributed by atoms with Gasteiger partial charge in [-0.05, 0) is 24.6 Å². The fourth-order valence-corrected chi connectivity index (χ4v) is 1.91. The third kappa shape index (κ3) is 2.21. The Kier molecular flexibility index (Phi) is 2.97. The lowest BCUT2D eigenvalue weighted by molar-refractivity contribution is 1.05. The number of nitriles is 1. The van der Waals surface area contributed by atoms with Crippen LogP contribution in [0, 0.1) is 18.3 Å². The van der Waals surface area contributed by atoms with Gasteiger partial charge in [0.25, 0.3) is 0 Å². The highest BCUT2D eigenvalue weighted by molar-refractivity contribution is 5.82. The molecule has 0 spiro atoms. The Morgan fingerprint density at radius 1 is 1.29 bits per heavy atom. The van der Waals surface area contributed by atoms with Crippen molar-refractivity contribution in [2.45, 2.75) is 13.3 Å². The van der Waals surface area contributed by atoms with Gasteiger partial charge in [-0.3, -0.25) is 0 Å². The van der Waals surface area contributed by atoms with E-state index in [1.807, 2.05) is 19.0 Å². The second kappa shape index (κ2) is 4.42. The van der Waals surface area contributed by atoms with Crippen molar-refractivity contribution in [1.29, 1.82) is 5.26 Å². The summed E-state index contributed by atoms with van der Waals surface area (Å²) in [6, 6.07) is 10.4. The fourth-order valence-electron chi connectivity index (χ4n) is 1.91. The number of rotatable bonds is 2.